The van der Waals surface area contributed by atoms with Gasteiger partial charge in [0.25, 0.3) is 0 Å². The van der Waals surface area contributed by atoms with E-state index >= 15 is 0 Å². The molecule has 82 valence electrons. The Morgan fingerprint density at radius 3 is 2.62 bits per heavy atom. The van der Waals surface area contributed by atoms with Gasteiger partial charge in [-0.3, -0.25) is 0 Å². The molecule has 1 atom stereocenters. The standard InChI is InChI=1S/C13H15N3/c1-2-10-4-3-5-11(6-10)13(14)12-7-15-9-16-8-12/h3-9,13H,2,14H2,1H3. The Bertz CT molecular complexity index is 454. The van der Waals surface area contributed by atoms with Crippen LogP contribution in [0, 0.1) is 0 Å². The molecule has 0 saturated carbocycles. The van der Waals surface area contributed by atoms with Crippen molar-refractivity contribution >= 4 is 0 Å². The van der Waals surface area contributed by atoms with Crippen LogP contribution in [0.25, 0.3) is 0 Å². The smallest absolute Gasteiger partial charge is 0.115 e. The molecule has 0 bridgehead atoms. The van der Waals surface area contributed by atoms with Gasteiger partial charge in [-0.1, -0.05) is 31.2 Å². The summed E-state index contributed by atoms with van der Waals surface area (Å²) >= 11 is 0. The predicted molar refractivity (Wildman–Crippen MR) is 63.9 cm³/mol. The van der Waals surface area contributed by atoms with Crippen LogP contribution in [0.1, 0.15) is 29.7 Å². The van der Waals surface area contributed by atoms with Crippen LogP contribution in [0.15, 0.2) is 43.0 Å². The van der Waals surface area contributed by atoms with Gasteiger partial charge in [-0.05, 0) is 17.5 Å². The molecular weight excluding hydrogens is 198 g/mol. The topological polar surface area (TPSA) is 51.8 Å². The molecule has 2 N–H and O–H groups in total. The van der Waals surface area contributed by atoms with Crippen LogP contribution in [0.5, 0.6) is 0 Å². The van der Waals surface area contributed by atoms with E-state index in [1.54, 1.807) is 12.4 Å². The highest BCUT2D eigenvalue weighted by atomic mass is 14.8. The minimum Gasteiger partial charge on any atom is -0.320 e. The molecule has 16 heavy (non-hydrogen) atoms. The maximum Gasteiger partial charge on any atom is 0.115 e. The minimum atomic E-state index is -0.146. The van der Waals surface area contributed by atoms with Gasteiger partial charge in [-0.25, -0.2) is 9.97 Å². The van der Waals surface area contributed by atoms with Crippen LogP contribution >= 0.6 is 0 Å². The number of rotatable bonds is 3. The first-order valence-electron chi connectivity index (χ1n) is 5.40. The van der Waals surface area contributed by atoms with Gasteiger partial charge < -0.3 is 5.73 Å². The van der Waals surface area contributed by atoms with Gasteiger partial charge in [0.1, 0.15) is 6.33 Å². The van der Waals surface area contributed by atoms with Crippen LogP contribution in [-0.4, -0.2) is 9.97 Å². The molecule has 0 aliphatic heterocycles. The van der Waals surface area contributed by atoms with Gasteiger partial charge in [-0.2, -0.15) is 0 Å². The van der Waals surface area contributed by atoms with E-state index < -0.39 is 0 Å². The number of nitrogens with two attached hydrogens (primary N) is 1. The molecule has 1 heterocycles. The number of hydrogen-bond donors (Lipinski definition) is 1. The van der Waals surface area contributed by atoms with E-state index in [-0.39, 0.29) is 6.04 Å². The molecule has 2 aromatic rings. The highest BCUT2D eigenvalue weighted by Crippen LogP contribution is 2.19. The molecule has 3 heteroatoms. The Kier molecular flexibility index (Phi) is 3.27. The van der Waals surface area contributed by atoms with Crippen molar-refractivity contribution in [3.63, 3.8) is 0 Å². The first-order chi connectivity index (χ1) is 7.81. The maximum atomic E-state index is 6.16. The Labute approximate surface area is 95.4 Å². The predicted octanol–water partition coefficient (Wildman–Crippen LogP) is 2.09. The first-order valence-corrected chi connectivity index (χ1v) is 5.40. The van der Waals surface area contributed by atoms with Crippen molar-refractivity contribution in [2.45, 2.75) is 19.4 Å². The largest absolute Gasteiger partial charge is 0.320 e. The van der Waals surface area contributed by atoms with Crippen LogP contribution in [0.3, 0.4) is 0 Å². The molecular formula is C13H15N3. The van der Waals surface area contributed by atoms with Crippen molar-refractivity contribution < 1.29 is 0 Å². The molecule has 0 spiro atoms. The summed E-state index contributed by atoms with van der Waals surface area (Å²) in [7, 11) is 0. The number of aryl methyl sites for hydroxylation is 1. The quantitative estimate of drug-likeness (QED) is 0.849. The SMILES string of the molecule is CCc1cccc(C(N)c2cncnc2)c1. The Morgan fingerprint density at radius 1 is 1.19 bits per heavy atom. The van der Waals surface area contributed by atoms with Crippen molar-refractivity contribution in [1.82, 2.24) is 9.97 Å². The molecule has 1 unspecified atom stereocenters. The fourth-order valence-corrected chi connectivity index (χ4v) is 1.67. The third kappa shape index (κ3) is 2.25. The normalized spacial score (nSPS) is 12.4. The van der Waals surface area contributed by atoms with Crippen LogP contribution in [0.2, 0.25) is 0 Å². The van der Waals surface area contributed by atoms with Gasteiger partial charge in [0.2, 0.25) is 0 Å². The number of aromatic nitrogens is 2. The van der Waals surface area contributed by atoms with Crippen molar-refractivity contribution in [1.29, 1.82) is 0 Å². The van der Waals surface area contributed by atoms with Crippen LogP contribution in [-0.2, 0) is 6.42 Å². The zero-order valence-electron chi connectivity index (χ0n) is 9.30. The summed E-state index contributed by atoms with van der Waals surface area (Å²) < 4.78 is 0. The number of nitrogens with zero attached hydrogens (tertiary/aromatic N) is 2. The highest BCUT2D eigenvalue weighted by Gasteiger charge is 2.09. The second kappa shape index (κ2) is 4.86. The lowest BCUT2D eigenvalue weighted by molar-refractivity contribution is 0.847. The van der Waals surface area contributed by atoms with Crippen molar-refractivity contribution in [2.75, 3.05) is 0 Å². The number of hydrogen-bond acceptors (Lipinski definition) is 3. The average molecular weight is 213 g/mol. The summed E-state index contributed by atoms with van der Waals surface area (Å²) in [6.45, 7) is 2.14. The zero-order valence-corrected chi connectivity index (χ0v) is 9.30. The summed E-state index contributed by atoms with van der Waals surface area (Å²) in [4.78, 5) is 7.97. The van der Waals surface area contributed by atoms with E-state index in [4.69, 9.17) is 5.73 Å². The second-order valence-corrected chi connectivity index (χ2v) is 3.75. The maximum absolute atomic E-state index is 6.16. The van der Waals surface area contributed by atoms with Gasteiger partial charge in [0, 0.05) is 18.0 Å². The molecule has 1 aromatic heterocycles. The summed E-state index contributed by atoms with van der Waals surface area (Å²) in [5, 5.41) is 0. The van der Waals surface area contributed by atoms with Crippen molar-refractivity contribution in [2.24, 2.45) is 5.73 Å². The van der Waals surface area contributed by atoms with E-state index in [0.717, 1.165) is 17.5 Å². The van der Waals surface area contributed by atoms with E-state index in [1.165, 1.54) is 11.9 Å². The Hall–Kier alpha value is -1.74. The van der Waals surface area contributed by atoms with Crippen LogP contribution in [0.4, 0.5) is 0 Å². The molecule has 2 rings (SSSR count). The summed E-state index contributed by atoms with van der Waals surface area (Å²) in [6, 6.07) is 8.18. The lowest BCUT2D eigenvalue weighted by atomic mass is 9.99. The van der Waals surface area contributed by atoms with Gasteiger partial charge in [-0.15, -0.1) is 0 Å². The molecule has 3 nitrogen and oxygen atoms in total. The molecule has 1 aromatic carbocycles. The Morgan fingerprint density at radius 2 is 1.94 bits per heavy atom. The third-order valence-electron chi connectivity index (χ3n) is 2.66. The second-order valence-electron chi connectivity index (χ2n) is 3.75. The molecule has 0 aliphatic carbocycles. The van der Waals surface area contributed by atoms with Crippen molar-refractivity contribution in [3.05, 3.63) is 59.7 Å². The van der Waals surface area contributed by atoms with E-state index in [0.29, 0.717) is 0 Å². The summed E-state index contributed by atoms with van der Waals surface area (Å²) in [6.07, 6.45) is 6.05. The third-order valence-corrected chi connectivity index (χ3v) is 2.66. The summed E-state index contributed by atoms with van der Waals surface area (Å²) in [5.41, 5.74) is 9.50. The molecule has 0 aliphatic rings. The van der Waals surface area contributed by atoms with Gasteiger partial charge >= 0.3 is 0 Å². The van der Waals surface area contributed by atoms with Crippen LogP contribution < -0.4 is 5.73 Å². The molecule has 0 fully saturated rings. The minimum absolute atomic E-state index is 0.146. The van der Waals surface area contributed by atoms with E-state index in [9.17, 15) is 0 Å². The first kappa shape index (κ1) is 10.8. The average Bonchev–Trinajstić information content (AvgIpc) is 2.39. The fraction of sp³-hybridized carbons (Fsp3) is 0.231. The molecule has 0 saturated heterocycles. The molecule has 0 radical (unpaired) electrons. The monoisotopic (exact) mass is 213 g/mol. The fourth-order valence-electron chi connectivity index (χ4n) is 1.67. The number of benzene rings is 1. The zero-order chi connectivity index (χ0) is 11.4. The highest BCUT2D eigenvalue weighted by molar-refractivity contribution is 5.31. The van der Waals surface area contributed by atoms with E-state index in [1.807, 2.05) is 12.1 Å². The lowest BCUT2D eigenvalue weighted by Gasteiger charge is -2.12. The Balaban J connectivity index is 2.30. The van der Waals surface area contributed by atoms with Gasteiger partial charge in [0.15, 0.2) is 0 Å². The molecule has 0 amide bonds. The van der Waals surface area contributed by atoms with E-state index in [2.05, 4.69) is 29.0 Å². The van der Waals surface area contributed by atoms with Gasteiger partial charge in [0.05, 0.1) is 6.04 Å². The van der Waals surface area contributed by atoms with Crippen molar-refractivity contribution in [3.8, 4) is 0 Å². The lowest BCUT2D eigenvalue weighted by Crippen LogP contribution is -2.12. The summed E-state index contributed by atoms with van der Waals surface area (Å²) in [5.74, 6) is 0.